The second kappa shape index (κ2) is 8.02. The Morgan fingerprint density at radius 3 is 2.48 bits per heavy atom. The molecule has 0 amide bonds. The first-order valence-electron chi connectivity index (χ1n) is 9.66. The number of carbonyl (C=O) groups excluding carboxylic acids is 2. The largest absolute Gasteiger partial charge is 0.457 e. The van der Waals surface area contributed by atoms with Gasteiger partial charge in [-0.2, -0.15) is 0 Å². The van der Waals surface area contributed by atoms with Gasteiger partial charge in [-0.15, -0.1) is 0 Å². The van der Waals surface area contributed by atoms with Crippen LogP contribution in [0.1, 0.15) is 40.1 Å². The van der Waals surface area contributed by atoms with Gasteiger partial charge in [0.2, 0.25) is 5.79 Å². The molecule has 1 aliphatic heterocycles. The van der Waals surface area contributed by atoms with Gasteiger partial charge < -0.3 is 24.7 Å². The molecular weight excluding hydrogens is 398 g/mol. The number of nitrogen functional groups attached to an aromatic ring is 1. The van der Waals surface area contributed by atoms with Crippen LogP contribution in [-0.2, 0) is 16.1 Å². The predicted molar refractivity (Wildman–Crippen MR) is 113 cm³/mol. The van der Waals surface area contributed by atoms with Crippen LogP contribution in [0.3, 0.4) is 0 Å². The Hall–Kier alpha value is -4.00. The first-order chi connectivity index (χ1) is 14.8. The van der Waals surface area contributed by atoms with E-state index in [0.717, 1.165) is 5.56 Å². The summed E-state index contributed by atoms with van der Waals surface area (Å²) in [4.78, 5) is 24.8. The molecule has 0 bridgehead atoms. The van der Waals surface area contributed by atoms with Crippen molar-refractivity contribution in [1.82, 2.24) is 0 Å². The highest BCUT2D eigenvalue weighted by atomic mass is 16.7. The number of nitrogens with two attached hydrogens (primary N) is 1. The maximum absolute atomic E-state index is 12.5. The summed E-state index contributed by atoms with van der Waals surface area (Å²) in [6.45, 7) is 3.45. The molecule has 158 valence electrons. The van der Waals surface area contributed by atoms with E-state index in [4.69, 9.17) is 24.7 Å². The minimum absolute atomic E-state index is 0.159. The number of esters is 2. The molecular formula is C24H21NO6. The molecule has 3 aromatic rings. The lowest BCUT2D eigenvalue weighted by Crippen LogP contribution is -2.38. The first-order valence-corrected chi connectivity index (χ1v) is 9.66. The highest BCUT2D eigenvalue weighted by Crippen LogP contribution is 2.39. The quantitative estimate of drug-likeness (QED) is 0.473. The molecule has 7 nitrogen and oxygen atoms in total. The van der Waals surface area contributed by atoms with Crippen LogP contribution in [-0.4, -0.2) is 17.7 Å². The Morgan fingerprint density at radius 2 is 1.74 bits per heavy atom. The van der Waals surface area contributed by atoms with Crippen molar-refractivity contribution >= 4 is 17.6 Å². The van der Waals surface area contributed by atoms with Crippen LogP contribution in [0.25, 0.3) is 0 Å². The number of carbonyl (C=O) groups is 2. The average molecular weight is 419 g/mol. The highest BCUT2D eigenvalue weighted by Gasteiger charge is 2.36. The van der Waals surface area contributed by atoms with Crippen molar-refractivity contribution < 1.29 is 28.5 Å². The minimum atomic E-state index is -1.07. The van der Waals surface area contributed by atoms with E-state index in [1.165, 1.54) is 6.07 Å². The number of hydrogen-bond donors (Lipinski definition) is 1. The predicted octanol–water partition coefficient (Wildman–Crippen LogP) is 4.70. The molecule has 4 rings (SSSR count). The molecule has 0 unspecified atom stereocenters. The summed E-state index contributed by atoms with van der Waals surface area (Å²) in [7, 11) is 0. The van der Waals surface area contributed by atoms with Gasteiger partial charge in [-0.25, -0.2) is 9.59 Å². The number of fused-ring (bicyclic) bond motifs is 1. The normalized spacial score (nSPS) is 14.1. The van der Waals surface area contributed by atoms with Crippen LogP contribution in [0.2, 0.25) is 0 Å². The van der Waals surface area contributed by atoms with Gasteiger partial charge in [0.15, 0.2) is 0 Å². The van der Waals surface area contributed by atoms with Gasteiger partial charge in [-0.1, -0.05) is 36.4 Å². The summed E-state index contributed by atoms with van der Waals surface area (Å²) in [5, 5.41) is 0. The van der Waals surface area contributed by atoms with Crippen molar-refractivity contribution in [2.24, 2.45) is 0 Å². The molecule has 0 spiro atoms. The molecule has 0 fully saturated rings. The van der Waals surface area contributed by atoms with Crippen molar-refractivity contribution in [2.75, 3.05) is 5.73 Å². The third kappa shape index (κ3) is 4.45. The standard InChI is InChI=1S/C24H21NO6/c1-24(2)30-20-10-6-9-19(21(20)23(27)31-24)29-18-12-11-16(13-17(18)25)22(26)28-14-15-7-4-3-5-8-15/h3-13H,14,25H2,1-2H3. The zero-order valence-corrected chi connectivity index (χ0v) is 17.1. The topological polar surface area (TPSA) is 97.1 Å². The summed E-state index contributed by atoms with van der Waals surface area (Å²) >= 11 is 0. The highest BCUT2D eigenvalue weighted by molar-refractivity contribution is 5.97. The maximum Gasteiger partial charge on any atom is 0.349 e. The Labute approximate surface area is 179 Å². The summed E-state index contributed by atoms with van der Waals surface area (Å²) in [5.41, 5.74) is 7.66. The fourth-order valence-corrected chi connectivity index (χ4v) is 3.14. The van der Waals surface area contributed by atoms with Gasteiger partial charge in [-0.05, 0) is 35.9 Å². The van der Waals surface area contributed by atoms with E-state index in [1.54, 1.807) is 44.2 Å². The van der Waals surface area contributed by atoms with Crippen molar-refractivity contribution in [3.05, 3.63) is 83.4 Å². The van der Waals surface area contributed by atoms with E-state index in [9.17, 15) is 9.59 Å². The SMILES string of the molecule is CC1(C)OC(=O)c2c(Oc3ccc(C(=O)OCc4ccccc4)cc3N)cccc2O1. The molecule has 0 aromatic heterocycles. The number of hydrogen-bond acceptors (Lipinski definition) is 7. The second-order valence-corrected chi connectivity index (χ2v) is 7.44. The van der Waals surface area contributed by atoms with Crippen LogP contribution in [0.5, 0.6) is 17.2 Å². The number of benzene rings is 3. The Kier molecular flexibility index (Phi) is 5.25. The van der Waals surface area contributed by atoms with E-state index in [0.29, 0.717) is 11.3 Å². The van der Waals surface area contributed by atoms with Crippen molar-refractivity contribution in [3.63, 3.8) is 0 Å². The average Bonchev–Trinajstić information content (AvgIpc) is 2.73. The fourth-order valence-electron chi connectivity index (χ4n) is 3.14. The van der Waals surface area contributed by atoms with Crippen molar-refractivity contribution in [2.45, 2.75) is 26.2 Å². The lowest BCUT2D eigenvalue weighted by molar-refractivity contribution is -0.127. The molecule has 0 saturated carbocycles. The monoisotopic (exact) mass is 419 g/mol. The molecule has 1 aliphatic rings. The number of ether oxygens (including phenoxy) is 4. The third-order valence-electron chi connectivity index (χ3n) is 4.56. The zero-order valence-electron chi connectivity index (χ0n) is 17.1. The molecule has 0 aliphatic carbocycles. The molecule has 0 atom stereocenters. The van der Waals surface area contributed by atoms with E-state index in [-0.39, 0.29) is 29.4 Å². The second-order valence-electron chi connectivity index (χ2n) is 7.44. The van der Waals surface area contributed by atoms with E-state index in [2.05, 4.69) is 0 Å². The van der Waals surface area contributed by atoms with Gasteiger partial charge in [-0.3, -0.25) is 0 Å². The lowest BCUT2D eigenvalue weighted by Gasteiger charge is -2.32. The molecule has 0 saturated heterocycles. The molecule has 3 aromatic carbocycles. The Morgan fingerprint density at radius 1 is 0.968 bits per heavy atom. The van der Waals surface area contributed by atoms with Crippen LogP contribution in [0.4, 0.5) is 5.69 Å². The molecule has 2 N–H and O–H groups in total. The zero-order chi connectivity index (χ0) is 22.0. The summed E-state index contributed by atoms with van der Waals surface area (Å²) < 4.78 is 22.2. The van der Waals surface area contributed by atoms with Gasteiger partial charge in [0.1, 0.15) is 29.4 Å². The van der Waals surface area contributed by atoms with Gasteiger partial charge in [0.05, 0.1) is 11.3 Å². The molecule has 7 heteroatoms. The van der Waals surface area contributed by atoms with Crippen molar-refractivity contribution in [1.29, 1.82) is 0 Å². The number of rotatable bonds is 5. The Balaban J connectivity index is 1.51. The van der Waals surface area contributed by atoms with Crippen LogP contribution < -0.4 is 15.2 Å². The summed E-state index contributed by atoms with van der Waals surface area (Å²) in [5.74, 6) is -1.24. The van der Waals surface area contributed by atoms with E-state index < -0.39 is 17.7 Å². The van der Waals surface area contributed by atoms with E-state index in [1.807, 2.05) is 30.3 Å². The molecule has 1 heterocycles. The summed E-state index contributed by atoms with van der Waals surface area (Å²) in [6, 6.07) is 18.9. The third-order valence-corrected chi connectivity index (χ3v) is 4.56. The van der Waals surface area contributed by atoms with Crippen LogP contribution in [0, 0.1) is 0 Å². The Bertz CT molecular complexity index is 1140. The van der Waals surface area contributed by atoms with Gasteiger partial charge in [0.25, 0.3) is 0 Å². The van der Waals surface area contributed by atoms with Gasteiger partial charge >= 0.3 is 11.9 Å². The minimum Gasteiger partial charge on any atom is -0.457 e. The van der Waals surface area contributed by atoms with E-state index >= 15 is 0 Å². The van der Waals surface area contributed by atoms with Gasteiger partial charge in [0, 0.05) is 13.8 Å². The first kappa shape index (κ1) is 20.3. The molecule has 31 heavy (non-hydrogen) atoms. The number of anilines is 1. The fraction of sp³-hybridized carbons (Fsp3) is 0.167. The molecule has 0 radical (unpaired) electrons. The smallest absolute Gasteiger partial charge is 0.349 e. The van der Waals surface area contributed by atoms with Crippen LogP contribution >= 0.6 is 0 Å². The van der Waals surface area contributed by atoms with Crippen molar-refractivity contribution in [3.8, 4) is 17.2 Å². The number of cyclic esters (lactones) is 1. The van der Waals surface area contributed by atoms with Crippen LogP contribution in [0.15, 0.2) is 66.7 Å². The lowest BCUT2D eigenvalue weighted by atomic mass is 10.1. The maximum atomic E-state index is 12.5. The summed E-state index contributed by atoms with van der Waals surface area (Å²) in [6.07, 6.45) is 0.